The van der Waals surface area contributed by atoms with E-state index in [2.05, 4.69) is 39.4 Å². The molecule has 0 spiro atoms. The van der Waals surface area contributed by atoms with Gasteiger partial charge in [-0.25, -0.2) is 9.50 Å². The molecule has 0 aromatic carbocycles. The molecule has 0 bridgehead atoms. The molecule has 1 saturated carbocycles. The Bertz CT molecular complexity index is 1510. The molecular weight excluding hydrogens is 440 g/mol. The number of hydrogen-bond acceptors (Lipinski definition) is 6. The minimum absolute atomic E-state index is 0.270. The molecule has 0 N–H and O–H groups in total. The number of nitrogens with zero attached hydrogens (tertiary/aromatic N) is 8. The molecule has 172 valence electrons. The molecule has 2 aliphatic rings. The van der Waals surface area contributed by atoms with E-state index >= 15 is 0 Å². The summed E-state index contributed by atoms with van der Waals surface area (Å²) in [5.74, 6) is 2.75. The average molecular weight is 463 g/mol. The van der Waals surface area contributed by atoms with E-state index in [0.29, 0.717) is 37.8 Å². The van der Waals surface area contributed by atoms with Crippen LogP contribution in [0.3, 0.4) is 0 Å². The van der Waals surface area contributed by atoms with Gasteiger partial charge in [-0.2, -0.15) is 15.5 Å². The van der Waals surface area contributed by atoms with Gasteiger partial charge in [0.2, 0.25) is 0 Å². The summed E-state index contributed by atoms with van der Waals surface area (Å²) in [6, 6.07) is 8.83. The van der Waals surface area contributed by atoms with E-state index in [0.717, 1.165) is 33.6 Å². The van der Waals surface area contributed by atoms with Crippen LogP contribution in [0.25, 0.3) is 27.8 Å². The minimum Gasteiger partial charge on any atom is -0.353 e. The van der Waals surface area contributed by atoms with Crippen molar-refractivity contribution in [3.63, 3.8) is 0 Å². The summed E-state index contributed by atoms with van der Waals surface area (Å²) in [6.45, 7) is 2.49. The Kier molecular flexibility index (Phi) is 4.97. The molecule has 9 heteroatoms. The Balaban J connectivity index is 1.33. The molecule has 1 aliphatic heterocycles. The zero-order valence-corrected chi connectivity index (χ0v) is 19.0. The fraction of sp³-hybridized carbons (Fsp3) is 0.269. The van der Waals surface area contributed by atoms with Gasteiger partial charge in [-0.1, -0.05) is 0 Å². The number of aromatic nitrogens is 5. The van der Waals surface area contributed by atoms with E-state index < -0.39 is 0 Å². The summed E-state index contributed by atoms with van der Waals surface area (Å²) in [7, 11) is 0. The summed E-state index contributed by atoms with van der Waals surface area (Å²) in [5.41, 5.74) is 5.04. The number of rotatable bonds is 4. The first-order valence-electron chi connectivity index (χ1n) is 11.6. The molecule has 4 aromatic rings. The lowest BCUT2D eigenvalue weighted by molar-refractivity contribution is -0.125. The molecule has 6 rings (SSSR count). The maximum Gasteiger partial charge on any atom is 0.298 e. The number of nitriles is 1. The summed E-state index contributed by atoms with van der Waals surface area (Å²) in [4.78, 5) is 20.3. The number of amides is 1. The lowest BCUT2D eigenvalue weighted by Gasteiger charge is -2.34. The summed E-state index contributed by atoms with van der Waals surface area (Å²) in [6.07, 6.45) is 16.9. The molecule has 35 heavy (non-hydrogen) atoms. The van der Waals surface area contributed by atoms with Crippen molar-refractivity contribution in [3.05, 3.63) is 54.7 Å². The van der Waals surface area contributed by atoms with Gasteiger partial charge in [0.1, 0.15) is 11.9 Å². The first-order chi connectivity index (χ1) is 17.1. The molecule has 0 atom stereocenters. The number of pyridine rings is 2. The number of terminal acetylenes is 1. The topological polar surface area (TPSA) is 95.4 Å². The van der Waals surface area contributed by atoms with Crippen LogP contribution < -0.4 is 4.90 Å². The Labute approximate surface area is 202 Å². The molecule has 0 radical (unpaired) electrons. The highest BCUT2D eigenvalue weighted by molar-refractivity contribution is 5.93. The van der Waals surface area contributed by atoms with Gasteiger partial charge in [0, 0.05) is 67.0 Å². The van der Waals surface area contributed by atoms with Crippen molar-refractivity contribution >= 4 is 17.2 Å². The van der Waals surface area contributed by atoms with E-state index in [1.165, 1.54) is 12.8 Å². The van der Waals surface area contributed by atoms with Crippen molar-refractivity contribution < 1.29 is 4.79 Å². The Morgan fingerprint density at radius 3 is 2.51 bits per heavy atom. The third-order valence-electron chi connectivity index (χ3n) is 6.66. The van der Waals surface area contributed by atoms with Crippen molar-refractivity contribution in [1.29, 1.82) is 5.26 Å². The van der Waals surface area contributed by atoms with Crippen LogP contribution in [0.2, 0.25) is 0 Å². The van der Waals surface area contributed by atoms with Crippen molar-refractivity contribution in [3.8, 4) is 40.7 Å². The first-order valence-corrected chi connectivity index (χ1v) is 11.6. The highest BCUT2D eigenvalue weighted by Gasteiger charge is 2.25. The van der Waals surface area contributed by atoms with Gasteiger partial charge in [0.15, 0.2) is 0 Å². The third kappa shape index (κ3) is 3.77. The zero-order valence-electron chi connectivity index (χ0n) is 19.0. The summed E-state index contributed by atoms with van der Waals surface area (Å²) >= 11 is 0. The van der Waals surface area contributed by atoms with Gasteiger partial charge < -0.3 is 9.80 Å². The number of carbonyl (C=O) groups is 1. The molecule has 1 amide bonds. The van der Waals surface area contributed by atoms with Gasteiger partial charge >= 0.3 is 0 Å². The molecule has 1 aliphatic carbocycles. The second-order valence-corrected chi connectivity index (χ2v) is 8.87. The van der Waals surface area contributed by atoms with Gasteiger partial charge in [-0.3, -0.25) is 9.48 Å². The summed E-state index contributed by atoms with van der Waals surface area (Å²) in [5, 5.41) is 18.6. The predicted octanol–water partition coefficient (Wildman–Crippen LogP) is 2.75. The van der Waals surface area contributed by atoms with Gasteiger partial charge in [0.05, 0.1) is 29.5 Å². The van der Waals surface area contributed by atoms with E-state index in [1.807, 2.05) is 35.4 Å². The number of fused-ring (bicyclic) bond motifs is 1. The van der Waals surface area contributed by atoms with Crippen LogP contribution in [-0.2, 0) is 4.79 Å². The quantitative estimate of drug-likeness (QED) is 0.433. The molecule has 1 saturated heterocycles. The lowest BCUT2D eigenvalue weighted by atomic mass is 10.0. The van der Waals surface area contributed by atoms with E-state index in [1.54, 1.807) is 15.6 Å². The van der Waals surface area contributed by atoms with Crippen molar-refractivity contribution in [2.45, 2.75) is 18.9 Å². The van der Waals surface area contributed by atoms with Gasteiger partial charge in [-0.15, -0.1) is 6.42 Å². The highest BCUT2D eigenvalue weighted by Crippen LogP contribution is 2.36. The largest absolute Gasteiger partial charge is 0.353 e. The first kappa shape index (κ1) is 20.9. The van der Waals surface area contributed by atoms with Crippen LogP contribution in [0.4, 0.5) is 5.82 Å². The second-order valence-electron chi connectivity index (χ2n) is 8.87. The Morgan fingerprint density at radius 1 is 1.00 bits per heavy atom. The molecular formula is C26H22N8O. The van der Waals surface area contributed by atoms with Crippen molar-refractivity contribution in [1.82, 2.24) is 29.3 Å². The zero-order chi connectivity index (χ0) is 23.9. The number of carbonyl (C=O) groups excluding carboxylic acids is 1. The van der Waals surface area contributed by atoms with Crippen LogP contribution in [-0.4, -0.2) is 61.4 Å². The molecule has 9 nitrogen and oxygen atoms in total. The average Bonchev–Trinajstić information content (AvgIpc) is 3.49. The number of piperazine rings is 1. The Morgan fingerprint density at radius 2 is 1.83 bits per heavy atom. The lowest BCUT2D eigenvalue weighted by Crippen LogP contribution is -2.48. The van der Waals surface area contributed by atoms with Crippen LogP contribution in [0.5, 0.6) is 0 Å². The maximum absolute atomic E-state index is 11.7. The second kappa shape index (κ2) is 8.30. The molecule has 0 unspecified atom stereocenters. The SMILES string of the molecule is C#CC(=O)N1CCN(c2ccc(-c3cc(-c4cnn(C5CC5)c4)cn4ncc(C#N)c34)cn2)CC1. The van der Waals surface area contributed by atoms with Crippen LogP contribution in [0, 0.1) is 23.7 Å². The minimum atomic E-state index is -0.270. The maximum atomic E-state index is 11.7. The monoisotopic (exact) mass is 462 g/mol. The molecule has 2 fully saturated rings. The number of hydrogen-bond donors (Lipinski definition) is 0. The van der Waals surface area contributed by atoms with Crippen LogP contribution in [0.15, 0.2) is 49.2 Å². The van der Waals surface area contributed by atoms with Crippen LogP contribution >= 0.6 is 0 Å². The van der Waals surface area contributed by atoms with Gasteiger partial charge in [0.25, 0.3) is 5.91 Å². The summed E-state index contributed by atoms with van der Waals surface area (Å²) < 4.78 is 3.78. The molecule has 5 heterocycles. The van der Waals surface area contributed by atoms with E-state index in [-0.39, 0.29) is 5.91 Å². The van der Waals surface area contributed by atoms with E-state index in [4.69, 9.17) is 11.4 Å². The van der Waals surface area contributed by atoms with Crippen molar-refractivity contribution in [2.24, 2.45) is 0 Å². The Hall–Kier alpha value is -4.63. The van der Waals surface area contributed by atoms with E-state index in [9.17, 15) is 10.1 Å². The van der Waals surface area contributed by atoms with Crippen LogP contribution in [0.1, 0.15) is 24.4 Å². The fourth-order valence-corrected chi connectivity index (χ4v) is 4.57. The number of anilines is 1. The van der Waals surface area contributed by atoms with Crippen molar-refractivity contribution in [2.75, 3.05) is 31.1 Å². The smallest absolute Gasteiger partial charge is 0.298 e. The predicted molar refractivity (Wildman–Crippen MR) is 130 cm³/mol. The molecule has 4 aromatic heterocycles. The normalized spacial score (nSPS) is 15.7. The standard InChI is InChI=1S/C26H22N8O/c1-2-25(35)32-9-7-31(8-10-32)24-6-3-18(13-28-24)23-11-19(16-34-26(23)20(12-27)14-30-34)21-15-29-33(17-21)22-4-5-22/h1,3,6,11,13-17,22H,4-5,7-10H2. The fourth-order valence-electron chi connectivity index (χ4n) is 4.57. The third-order valence-corrected chi connectivity index (χ3v) is 6.66. The van der Waals surface area contributed by atoms with Gasteiger partial charge in [-0.05, 0) is 37.0 Å². The highest BCUT2D eigenvalue weighted by atomic mass is 16.2.